The summed E-state index contributed by atoms with van der Waals surface area (Å²) >= 11 is 0.0956. The van der Waals surface area contributed by atoms with Crippen LogP contribution >= 0.6 is 0 Å². The smallest absolute Gasteiger partial charge is 0.0398 e. The molecule has 3 aromatic rings. The molecule has 142 valence electrons. The van der Waals surface area contributed by atoms with Crippen molar-refractivity contribution in [2.45, 2.75) is 13.8 Å². The van der Waals surface area contributed by atoms with Gasteiger partial charge in [0.25, 0.3) is 0 Å². The summed E-state index contributed by atoms with van der Waals surface area (Å²) in [5.74, 6) is 1.75. The van der Waals surface area contributed by atoms with Crippen molar-refractivity contribution in [3.63, 3.8) is 0 Å². The zero-order chi connectivity index (χ0) is 19.5. The fourth-order valence-electron chi connectivity index (χ4n) is 2.17. The van der Waals surface area contributed by atoms with Crippen molar-refractivity contribution in [3.8, 4) is 11.5 Å². The number of benzene rings is 3. The van der Waals surface area contributed by atoms with Crippen LogP contribution in [-0.4, -0.2) is 44.8 Å². The van der Waals surface area contributed by atoms with Crippen molar-refractivity contribution in [2.75, 3.05) is 14.2 Å². The first kappa shape index (κ1) is 21.6. The van der Waals surface area contributed by atoms with Gasteiger partial charge in [0.1, 0.15) is 0 Å². The van der Waals surface area contributed by atoms with E-state index in [1.165, 1.54) is 20.1 Å². The molecule has 3 aromatic carbocycles. The minimum absolute atomic E-state index is 0.0478. The van der Waals surface area contributed by atoms with Crippen LogP contribution in [0, 0.1) is 13.8 Å². The summed E-state index contributed by atoms with van der Waals surface area (Å²) in [6, 6.07) is 24.5. The van der Waals surface area contributed by atoms with Gasteiger partial charge >= 0.3 is 126 Å². The predicted octanol–water partition coefficient (Wildman–Crippen LogP) is 3.21. The molecule has 3 nitrogen and oxygen atoms in total. The second-order valence-electron chi connectivity index (χ2n) is 5.74. The van der Waals surface area contributed by atoms with Gasteiger partial charge < -0.3 is 0 Å². The average Bonchev–Trinajstić information content (AvgIpc) is 2.69. The van der Waals surface area contributed by atoms with Crippen LogP contribution in [0.4, 0.5) is 0 Å². The fourth-order valence-corrected chi connectivity index (χ4v) is 5.69. The van der Waals surface area contributed by atoms with Gasteiger partial charge in [-0.2, -0.15) is 0 Å². The molecule has 0 aliphatic carbocycles. The van der Waals surface area contributed by atoms with Crippen molar-refractivity contribution >= 4 is 39.5 Å². The molecule has 0 N–H and O–H groups in total. The Morgan fingerprint density at radius 2 is 1.00 bits per heavy atom. The number of rotatable bonds is 6. The van der Waals surface area contributed by atoms with Crippen LogP contribution in [0.5, 0.6) is 11.5 Å². The minimum Gasteiger partial charge on any atom is -0.0617 e. The summed E-state index contributed by atoms with van der Waals surface area (Å²) in [5.41, 5.74) is 2.68. The van der Waals surface area contributed by atoms with Crippen molar-refractivity contribution in [1.82, 2.24) is 0 Å². The van der Waals surface area contributed by atoms with Gasteiger partial charge in [0.2, 0.25) is 0 Å². The average molecular weight is 494 g/mol. The van der Waals surface area contributed by atoms with E-state index >= 15 is 0 Å². The summed E-state index contributed by atoms with van der Waals surface area (Å²) in [6.07, 6.45) is 0. The molecule has 0 amide bonds. The fraction of sp³-hybridized carbons (Fsp3) is 0.182. The molecule has 0 atom stereocenters. The topological polar surface area (TPSA) is 27.7 Å². The molecule has 27 heavy (non-hydrogen) atoms. The standard InChI is InChI=1S/C14H14O3Se2.C8H10/c1-15-11-3-7-13(8-4-11)18-17-19-14-9-5-12(16-2)6-10-14;1-7-4-3-5-8(2)6-7/h3-10H,1-2H3;3-6H,1-2H3. The zero-order valence-corrected chi connectivity index (χ0v) is 19.4. The molecular weight excluding hydrogens is 470 g/mol. The van der Waals surface area contributed by atoms with E-state index in [-0.39, 0.29) is 30.6 Å². The molecule has 0 aliphatic rings. The van der Waals surface area contributed by atoms with E-state index in [2.05, 4.69) is 38.1 Å². The molecule has 0 saturated carbocycles. The van der Waals surface area contributed by atoms with E-state index in [4.69, 9.17) is 12.4 Å². The van der Waals surface area contributed by atoms with Crippen molar-refractivity contribution in [1.29, 1.82) is 0 Å². The van der Waals surface area contributed by atoms with E-state index in [9.17, 15) is 0 Å². The van der Waals surface area contributed by atoms with Gasteiger partial charge in [-0.25, -0.2) is 0 Å². The van der Waals surface area contributed by atoms with Gasteiger partial charge in [-0.1, -0.05) is 35.4 Å². The Morgan fingerprint density at radius 1 is 0.593 bits per heavy atom. The molecule has 0 fully saturated rings. The third kappa shape index (κ3) is 8.21. The summed E-state index contributed by atoms with van der Waals surface area (Å²) in [4.78, 5) is 0. The van der Waals surface area contributed by atoms with Crippen molar-refractivity contribution in [2.24, 2.45) is 0 Å². The van der Waals surface area contributed by atoms with Crippen molar-refractivity contribution < 1.29 is 12.4 Å². The zero-order valence-electron chi connectivity index (χ0n) is 16.0. The SMILES string of the molecule is COc1ccc([Se]O[Se]c2ccc(OC)cc2)cc1.Cc1cccc(C)c1. The second-order valence-corrected chi connectivity index (χ2v) is 10.2. The van der Waals surface area contributed by atoms with E-state index in [0.29, 0.717) is 0 Å². The maximum absolute atomic E-state index is 5.80. The third-order valence-electron chi connectivity index (χ3n) is 3.55. The van der Waals surface area contributed by atoms with Crippen LogP contribution in [0.3, 0.4) is 0 Å². The third-order valence-corrected chi connectivity index (χ3v) is 7.27. The molecule has 0 aromatic heterocycles. The van der Waals surface area contributed by atoms with Crippen LogP contribution in [-0.2, 0) is 2.90 Å². The summed E-state index contributed by atoms with van der Waals surface area (Å²) in [6.45, 7) is 4.21. The van der Waals surface area contributed by atoms with Gasteiger partial charge in [0.15, 0.2) is 0 Å². The monoisotopic (exact) mass is 496 g/mol. The van der Waals surface area contributed by atoms with Gasteiger partial charge in [0, 0.05) is 0 Å². The molecule has 0 bridgehead atoms. The second kappa shape index (κ2) is 11.9. The van der Waals surface area contributed by atoms with Crippen LogP contribution in [0.1, 0.15) is 11.1 Å². The Labute approximate surface area is 175 Å². The van der Waals surface area contributed by atoms with Crippen LogP contribution in [0.2, 0.25) is 0 Å². The largest absolute Gasteiger partial charge is 0.0617 e. The molecular formula is C22H24O3Se2. The minimum atomic E-state index is 0.0478. The Kier molecular flexibility index (Phi) is 9.47. The Hall–Kier alpha value is -1.74. The van der Waals surface area contributed by atoms with E-state index in [0.717, 1.165) is 11.5 Å². The molecule has 5 heteroatoms. The van der Waals surface area contributed by atoms with Gasteiger partial charge in [-0.3, -0.25) is 0 Å². The van der Waals surface area contributed by atoms with Gasteiger partial charge in [-0.05, 0) is 13.8 Å². The maximum atomic E-state index is 5.80. The molecule has 0 aliphatic heterocycles. The number of hydrogen-bond donors (Lipinski definition) is 0. The predicted molar refractivity (Wildman–Crippen MR) is 114 cm³/mol. The molecule has 0 saturated heterocycles. The number of aryl methyl sites for hydroxylation is 2. The van der Waals surface area contributed by atoms with Gasteiger partial charge in [0.05, 0.1) is 0 Å². The number of methoxy groups -OCH3 is 2. The number of hydrogen-bond acceptors (Lipinski definition) is 3. The van der Waals surface area contributed by atoms with E-state index in [1.807, 2.05) is 48.5 Å². The summed E-state index contributed by atoms with van der Waals surface area (Å²) in [5, 5.41) is 0. The Morgan fingerprint density at radius 3 is 1.30 bits per heavy atom. The van der Waals surface area contributed by atoms with Crippen LogP contribution in [0.25, 0.3) is 0 Å². The first-order valence-electron chi connectivity index (χ1n) is 8.43. The molecule has 0 heterocycles. The van der Waals surface area contributed by atoms with E-state index < -0.39 is 0 Å². The molecule has 0 unspecified atom stereocenters. The van der Waals surface area contributed by atoms with Crippen molar-refractivity contribution in [3.05, 3.63) is 83.9 Å². The first-order chi connectivity index (χ1) is 13.1. The first-order valence-corrected chi connectivity index (χ1v) is 11.5. The summed E-state index contributed by atoms with van der Waals surface area (Å²) in [7, 11) is 3.34. The van der Waals surface area contributed by atoms with Crippen LogP contribution < -0.4 is 18.4 Å². The summed E-state index contributed by atoms with van der Waals surface area (Å²) < 4.78 is 18.5. The molecule has 0 radical (unpaired) electrons. The molecule has 0 spiro atoms. The van der Waals surface area contributed by atoms with Crippen LogP contribution in [0.15, 0.2) is 72.8 Å². The molecule has 3 rings (SSSR count). The number of ether oxygens (including phenoxy) is 2. The maximum Gasteiger partial charge on any atom is -0.0398 e. The quantitative estimate of drug-likeness (QED) is 0.493. The van der Waals surface area contributed by atoms with Gasteiger partial charge in [-0.15, -0.1) is 0 Å². The Bertz CT molecular complexity index is 738. The van der Waals surface area contributed by atoms with E-state index in [1.54, 1.807) is 14.2 Å². The normalized spacial score (nSPS) is 9.93. The Balaban J connectivity index is 0.000000273.